The smallest absolute Gasteiger partial charge is 0.165 e. The summed E-state index contributed by atoms with van der Waals surface area (Å²) in [5, 5.41) is 0.711. The number of halogens is 3. The van der Waals surface area contributed by atoms with Crippen LogP contribution in [0, 0.1) is 0 Å². The van der Waals surface area contributed by atoms with E-state index in [0.717, 1.165) is 13.0 Å². The van der Waals surface area contributed by atoms with Crippen LogP contribution in [0.3, 0.4) is 0 Å². The topological polar surface area (TPSA) is 31.9 Å². The molecule has 1 aliphatic heterocycles. The molecule has 3 nitrogen and oxygen atoms in total. The van der Waals surface area contributed by atoms with Crippen LogP contribution in [0.1, 0.15) is 25.8 Å². The first-order valence-electron chi connectivity index (χ1n) is 6.98. The van der Waals surface area contributed by atoms with Gasteiger partial charge in [0, 0.05) is 18.4 Å². The number of aromatic amines is 1. The Morgan fingerprint density at radius 3 is 2.55 bits per heavy atom. The molecule has 1 aliphatic rings. The molecule has 6 heteroatoms. The number of nitrogens with one attached hydrogen (secondary N) is 1. The molecule has 0 saturated heterocycles. The van der Waals surface area contributed by atoms with E-state index in [1.54, 1.807) is 0 Å². The maximum absolute atomic E-state index is 5.37. The molecule has 0 unspecified atom stereocenters. The summed E-state index contributed by atoms with van der Waals surface area (Å²) < 4.78 is 0. The number of fused-ring (bicyclic) bond motifs is 1. The number of imidazole rings is 1. The predicted molar refractivity (Wildman–Crippen MR) is 100 cm³/mol. The molecule has 0 bridgehead atoms. The fourth-order valence-corrected chi connectivity index (χ4v) is 2.51. The van der Waals surface area contributed by atoms with E-state index in [0.29, 0.717) is 10.3 Å². The third-order valence-corrected chi connectivity index (χ3v) is 3.83. The number of rotatable bonds is 2. The van der Waals surface area contributed by atoms with Gasteiger partial charge in [-0.3, -0.25) is 0 Å². The van der Waals surface area contributed by atoms with Crippen LogP contribution in [0.2, 0.25) is 10.3 Å². The van der Waals surface area contributed by atoms with Crippen molar-refractivity contribution in [2.75, 3.05) is 11.4 Å². The van der Waals surface area contributed by atoms with E-state index in [2.05, 4.69) is 59.2 Å². The molecule has 1 aromatic heterocycles. The van der Waals surface area contributed by atoms with Gasteiger partial charge in [0.25, 0.3) is 0 Å². The van der Waals surface area contributed by atoms with E-state index >= 15 is 0 Å². The number of allylic oxidation sites excluding steroid dienone is 1. The summed E-state index contributed by atoms with van der Waals surface area (Å²) in [6.45, 7) is 5.55. The van der Waals surface area contributed by atoms with Crippen LogP contribution in [-0.4, -0.2) is 16.5 Å². The molecule has 0 amide bonds. The van der Waals surface area contributed by atoms with Gasteiger partial charge in [0.2, 0.25) is 0 Å². The van der Waals surface area contributed by atoms with Crippen molar-refractivity contribution in [2.45, 2.75) is 26.7 Å². The Bertz CT molecular complexity index is 609. The summed E-state index contributed by atoms with van der Waals surface area (Å²) in [6.07, 6.45) is 6.02. The number of para-hydroxylation sites is 1. The minimum absolute atomic E-state index is 0. The molecule has 1 N–H and O–H groups in total. The molecular formula is C16H20BrCl2N3. The molecule has 120 valence electrons. The number of nitrogens with zero attached hydrogens (tertiary/aromatic N) is 2. The number of hydrogen-bond acceptors (Lipinski definition) is 2. The van der Waals surface area contributed by atoms with Gasteiger partial charge >= 0.3 is 0 Å². The molecule has 2 heterocycles. The van der Waals surface area contributed by atoms with Gasteiger partial charge in [-0.25, -0.2) is 4.98 Å². The molecule has 0 aliphatic carbocycles. The zero-order valence-corrected chi connectivity index (χ0v) is 15.9. The lowest BCUT2D eigenvalue weighted by atomic mass is 10.0. The van der Waals surface area contributed by atoms with Crippen molar-refractivity contribution in [3.05, 3.63) is 58.2 Å². The highest BCUT2D eigenvalue weighted by molar-refractivity contribution is 8.93. The first-order valence-corrected chi connectivity index (χ1v) is 7.73. The Labute approximate surface area is 152 Å². The van der Waals surface area contributed by atoms with E-state index in [4.69, 9.17) is 23.2 Å². The first kappa shape index (κ1) is 19.1. The summed E-state index contributed by atoms with van der Waals surface area (Å²) in [6, 6.07) is 8.69. The minimum Gasteiger partial charge on any atom is -0.348 e. The number of aromatic nitrogens is 2. The van der Waals surface area contributed by atoms with Gasteiger partial charge in [0.05, 0.1) is 6.33 Å². The van der Waals surface area contributed by atoms with Gasteiger partial charge in [-0.2, -0.15) is 0 Å². The molecule has 0 atom stereocenters. The maximum Gasteiger partial charge on any atom is 0.165 e. The highest BCUT2D eigenvalue weighted by atomic mass is 79.9. The minimum atomic E-state index is 0. The lowest BCUT2D eigenvalue weighted by molar-refractivity contribution is 0.851. The van der Waals surface area contributed by atoms with E-state index in [9.17, 15) is 0 Å². The van der Waals surface area contributed by atoms with Gasteiger partial charge in [-0.15, -0.1) is 17.0 Å². The molecule has 2 aromatic rings. The molecule has 3 rings (SSSR count). The van der Waals surface area contributed by atoms with E-state index in [1.165, 1.54) is 29.6 Å². The third kappa shape index (κ3) is 5.04. The van der Waals surface area contributed by atoms with Crippen molar-refractivity contribution < 1.29 is 0 Å². The lowest BCUT2D eigenvalue weighted by Crippen LogP contribution is -2.22. The summed E-state index contributed by atoms with van der Waals surface area (Å²) in [5.41, 5.74) is 4.30. The zero-order valence-electron chi connectivity index (χ0n) is 12.6. The quantitative estimate of drug-likeness (QED) is 0.700. The average Bonchev–Trinajstić information content (AvgIpc) is 2.84. The molecule has 0 radical (unpaired) electrons. The van der Waals surface area contributed by atoms with Crippen molar-refractivity contribution >= 4 is 45.9 Å². The van der Waals surface area contributed by atoms with Gasteiger partial charge in [0.1, 0.15) is 5.15 Å². The van der Waals surface area contributed by atoms with Crippen LogP contribution in [0.4, 0.5) is 5.69 Å². The van der Waals surface area contributed by atoms with Crippen LogP contribution in [0.15, 0.2) is 42.4 Å². The molecule has 0 fully saturated rings. The molecular weight excluding hydrogens is 385 g/mol. The summed E-state index contributed by atoms with van der Waals surface area (Å²) in [5.74, 6) is 0. The molecule has 0 saturated carbocycles. The fraction of sp³-hybridized carbons (Fsp3) is 0.312. The van der Waals surface area contributed by atoms with E-state index < -0.39 is 0 Å². The van der Waals surface area contributed by atoms with Gasteiger partial charge in [0.15, 0.2) is 5.15 Å². The third-order valence-electron chi connectivity index (χ3n) is 3.16. The summed E-state index contributed by atoms with van der Waals surface area (Å²) in [4.78, 5) is 8.55. The summed E-state index contributed by atoms with van der Waals surface area (Å²) in [7, 11) is 0. The predicted octanol–water partition coefficient (Wildman–Crippen LogP) is 5.66. The highest BCUT2D eigenvalue weighted by Crippen LogP contribution is 2.28. The number of benzene rings is 1. The van der Waals surface area contributed by atoms with Gasteiger partial charge in [-0.1, -0.05) is 53.9 Å². The second-order valence-electron chi connectivity index (χ2n) is 4.98. The standard InChI is InChI=1S/C13H17N.C3H2Cl2N2.BrH/c1-3-8-14-10-11(2)9-12-6-4-5-7-13(12)14;4-2-3(5)7-1-6-2;/h4-7,10H,3,8-9H2,1-2H3;1H,(H,6,7);1H. The second-order valence-corrected chi connectivity index (χ2v) is 5.72. The van der Waals surface area contributed by atoms with Crippen LogP contribution in [0.25, 0.3) is 0 Å². The molecule has 22 heavy (non-hydrogen) atoms. The van der Waals surface area contributed by atoms with Crippen LogP contribution in [0.5, 0.6) is 0 Å². The van der Waals surface area contributed by atoms with Crippen LogP contribution >= 0.6 is 40.2 Å². The molecule has 0 spiro atoms. The maximum atomic E-state index is 5.37. The number of H-pyrrole nitrogens is 1. The monoisotopic (exact) mass is 403 g/mol. The molecule has 1 aromatic carbocycles. The Kier molecular flexibility index (Phi) is 8.01. The van der Waals surface area contributed by atoms with Crippen molar-refractivity contribution in [1.29, 1.82) is 0 Å². The lowest BCUT2D eigenvalue weighted by Gasteiger charge is -2.28. The Balaban J connectivity index is 0.000000258. The Hall–Kier alpha value is -0.970. The first-order chi connectivity index (χ1) is 10.1. The van der Waals surface area contributed by atoms with Crippen LogP contribution < -0.4 is 4.90 Å². The normalized spacial score (nSPS) is 12.5. The van der Waals surface area contributed by atoms with Crippen LogP contribution in [-0.2, 0) is 6.42 Å². The summed E-state index contributed by atoms with van der Waals surface area (Å²) >= 11 is 10.7. The van der Waals surface area contributed by atoms with Crippen molar-refractivity contribution in [2.24, 2.45) is 0 Å². The highest BCUT2D eigenvalue weighted by Gasteiger charge is 2.13. The zero-order chi connectivity index (χ0) is 15.2. The van der Waals surface area contributed by atoms with Crippen molar-refractivity contribution in [3.8, 4) is 0 Å². The fourth-order valence-electron chi connectivity index (χ4n) is 2.31. The average molecular weight is 405 g/mol. The largest absolute Gasteiger partial charge is 0.348 e. The Morgan fingerprint density at radius 1 is 1.27 bits per heavy atom. The second kappa shape index (κ2) is 9.23. The van der Waals surface area contributed by atoms with Crippen molar-refractivity contribution in [3.63, 3.8) is 0 Å². The number of hydrogen-bond donors (Lipinski definition) is 1. The van der Waals surface area contributed by atoms with E-state index in [-0.39, 0.29) is 17.0 Å². The number of anilines is 1. The van der Waals surface area contributed by atoms with Gasteiger partial charge in [-0.05, 0) is 31.4 Å². The Morgan fingerprint density at radius 2 is 2.00 bits per heavy atom. The van der Waals surface area contributed by atoms with Crippen molar-refractivity contribution in [1.82, 2.24) is 9.97 Å². The van der Waals surface area contributed by atoms with Gasteiger partial charge < -0.3 is 9.88 Å². The SMILES string of the molecule is Br.CCCN1C=C(C)Cc2ccccc21.Clc1nc[nH]c1Cl. The van der Waals surface area contributed by atoms with E-state index in [1.807, 2.05) is 0 Å².